The summed E-state index contributed by atoms with van der Waals surface area (Å²) in [7, 11) is 0. The zero-order valence-corrected chi connectivity index (χ0v) is 15.3. The van der Waals surface area contributed by atoms with Gasteiger partial charge in [-0.2, -0.15) is 13.2 Å². The largest absolute Gasteiger partial charge is 0.494 e. The van der Waals surface area contributed by atoms with Gasteiger partial charge >= 0.3 is 12.1 Å². The maximum Gasteiger partial charge on any atom is 0.470 e. The van der Waals surface area contributed by atoms with Gasteiger partial charge < -0.3 is 14.5 Å². The number of nitrogens with one attached hydrogen (secondary N) is 1. The molecule has 1 fully saturated rings. The molecule has 7 nitrogen and oxygen atoms in total. The summed E-state index contributed by atoms with van der Waals surface area (Å²) in [6, 6.07) is 7.10. The Hall–Kier alpha value is -2.62. The van der Waals surface area contributed by atoms with Gasteiger partial charge in [-0.05, 0) is 57.1 Å². The number of hydrogen-bond acceptors (Lipinski definition) is 6. The molecule has 1 aromatic heterocycles. The van der Waals surface area contributed by atoms with Crippen molar-refractivity contribution < 1.29 is 27.1 Å². The average molecular weight is 398 g/mol. The number of piperidine rings is 1. The fourth-order valence-electron chi connectivity index (χ4n) is 3.06. The minimum Gasteiger partial charge on any atom is -0.494 e. The van der Waals surface area contributed by atoms with Crippen LogP contribution in [0.1, 0.15) is 37.5 Å². The highest BCUT2D eigenvalue weighted by molar-refractivity contribution is 5.92. The van der Waals surface area contributed by atoms with Crippen LogP contribution in [0.15, 0.2) is 28.7 Å². The van der Waals surface area contributed by atoms with Crippen molar-refractivity contribution in [1.82, 2.24) is 15.1 Å². The Labute approximate surface area is 159 Å². The molecular weight excluding hydrogens is 377 g/mol. The van der Waals surface area contributed by atoms with Crippen molar-refractivity contribution in [2.24, 2.45) is 0 Å². The van der Waals surface area contributed by atoms with Crippen molar-refractivity contribution in [3.05, 3.63) is 36.0 Å². The fraction of sp³-hybridized carbons (Fsp3) is 0.500. The third kappa shape index (κ3) is 5.22. The lowest BCUT2D eigenvalue weighted by Gasteiger charge is -2.29. The zero-order chi connectivity index (χ0) is 20.1. The van der Waals surface area contributed by atoms with Crippen molar-refractivity contribution >= 4 is 11.6 Å². The predicted octanol–water partition coefficient (Wildman–Crippen LogP) is 3.31. The lowest BCUT2D eigenvalue weighted by Crippen LogP contribution is -2.38. The van der Waals surface area contributed by atoms with Gasteiger partial charge in [-0.3, -0.25) is 9.69 Å². The third-order valence-electron chi connectivity index (χ3n) is 4.44. The summed E-state index contributed by atoms with van der Waals surface area (Å²) in [6.45, 7) is 3.79. The Bertz CT molecular complexity index is 784. The van der Waals surface area contributed by atoms with Gasteiger partial charge in [0.25, 0.3) is 0 Å². The normalized spacial score (nSPS) is 16.1. The SMILES string of the molecule is CCOc1ccc(NC(=O)CN2CCC(c3nnc(C(F)(F)F)o3)CC2)cc1. The van der Waals surface area contributed by atoms with Gasteiger partial charge in [0.15, 0.2) is 0 Å². The number of aromatic nitrogens is 2. The van der Waals surface area contributed by atoms with E-state index in [1.807, 2.05) is 11.8 Å². The second-order valence-electron chi connectivity index (χ2n) is 6.50. The summed E-state index contributed by atoms with van der Waals surface area (Å²) in [4.78, 5) is 14.2. The number of alkyl halides is 3. The average Bonchev–Trinajstić information content (AvgIpc) is 3.15. The van der Waals surface area contributed by atoms with Gasteiger partial charge in [0.1, 0.15) is 5.75 Å². The molecule has 3 rings (SSSR count). The number of halogens is 3. The second kappa shape index (κ2) is 8.59. The molecule has 0 radical (unpaired) electrons. The van der Waals surface area contributed by atoms with E-state index in [-0.39, 0.29) is 24.3 Å². The Morgan fingerprint density at radius 2 is 1.93 bits per heavy atom. The number of rotatable bonds is 6. The summed E-state index contributed by atoms with van der Waals surface area (Å²) in [5.41, 5.74) is 0.675. The maximum atomic E-state index is 12.6. The number of amides is 1. The summed E-state index contributed by atoms with van der Waals surface area (Å²) >= 11 is 0. The minimum absolute atomic E-state index is 0.00538. The van der Waals surface area contributed by atoms with Crippen LogP contribution in [-0.4, -0.2) is 47.2 Å². The van der Waals surface area contributed by atoms with E-state index in [9.17, 15) is 18.0 Å². The molecule has 1 amide bonds. The van der Waals surface area contributed by atoms with Crippen LogP contribution in [0.2, 0.25) is 0 Å². The first-order valence-corrected chi connectivity index (χ1v) is 9.01. The first kappa shape index (κ1) is 20.1. The second-order valence-corrected chi connectivity index (χ2v) is 6.50. The first-order chi connectivity index (χ1) is 13.3. The molecule has 0 unspecified atom stereocenters. The molecule has 0 spiro atoms. The standard InChI is InChI=1S/C18H21F3N4O3/c1-2-27-14-5-3-13(4-6-14)22-15(26)11-25-9-7-12(8-10-25)16-23-24-17(28-16)18(19,20)21/h3-6,12H,2,7-11H2,1H3,(H,22,26). The van der Waals surface area contributed by atoms with Gasteiger partial charge in [-0.25, -0.2) is 0 Å². The van der Waals surface area contributed by atoms with Crippen molar-refractivity contribution in [2.75, 3.05) is 31.6 Å². The van der Waals surface area contributed by atoms with E-state index in [0.29, 0.717) is 38.2 Å². The molecule has 1 N–H and O–H groups in total. The van der Waals surface area contributed by atoms with E-state index in [0.717, 1.165) is 5.75 Å². The molecule has 152 valence electrons. The van der Waals surface area contributed by atoms with Crippen molar-refractivity contribution in [1.29, 1.82) is 0 Å². The zero-order valence-electron chi connectivity index (χ0n) is 15.3. The molecule has 0 saturated carbocycles. The van der Waals surface area contributed by atoms with E-state index >= 15 is 0 Å². The number of anilines is 1. The molecule has 2 aromatic rings. The Morgan fingerprint density at radius 3 is 2.50 bits per heavy atom. The van der Waals surface area contributed by atoms with Crippen molar-refractivity contribution in [2.45, 2.75) is 31.9 Å². The number of hydrogen-bond donors (Lipinski definition) is 1. The Morgan fingerprint density at radius 1 is 1.25 bits per heavy atom. The number of nitrogens with zero attached hydrogens (tertiary/aromatic N) is 3. The number of benzene rings is 1. The highest BCUT2D eigenvalue weighted by Crippen LogP contribution is 2.32. The number of carbonyl (C=O) groups is 1. The Kier molecular flexibility index (Phi) is 6.18. The highest BCUT2D eigenvalue weighted by atomic mass is 19.4. The molecule has 28 heavy (non-hydrogen) atoms. The van der Waals surface area contributed by atoms with Crippen molar-refractivity contribution in [3.63, 3.8) is 0 Å². The topological polar surface area (TPSA) is 80.5 Å². The number of ether oxygens (including phenoxy) is 1. The Balaban J connectivity index is 1.46. The highest BCUT2D eigenvalue weighted by Gasteiger charge is 2.39. The van der Waals surface area contributed by atoms with Crippen molar-refractivity contribution in [3.8, 4) is 5.75 Å². The van der Waals surface area contributed by atoms with E-state index in [1.165, 1.54) is 0 Å². The van der Waals surface area contributed by atoms with E-state index in [4.69, 9.17) is 9.15 Å². The van der Waals surface area contributed by atoms with Crippen LogP contribution in [0.4, 0.5) is 18.9 Å². The lowest BCUT2D eigenvalue weighted by molar-refractivity contribution is -0.157. The minimum atomic E-state index is -4.63. The maximum absolute atomic E-state index is 12.6. The molecule has 2 heterocycles. The third-order valence-corrected chi connectivity index (χ3v) is 4.44. The molecule has 1 aliphatic rings. The van der Waals surface area contributed by atoms with Gasteiger partial charge in [-0.15, -0.1) is 10.2 Å². The molecule has 0 bridgehead atoms. The van der Waals surface area contributed by atoms with Gasteiger partial charge in [-0.1, -0.05) is 0 Å². The molecule has 10 heteroatoms. The van der Waals surface area contributed by atoms with Gasteiger partial charge in [0, 0.05) is 11.6 Å². The molecular formula is C18H21F3N4O3. The summed E-state index contributed by atoms with van der Waals surface area (Å²) in [5.74, 6) is -0.962. The van der Waals surface area contributed by atoms with Crippen LogP contribution in [0.25, 0.3) is 0 Å². The molecule has 0 aliphatic carbocycles. The van der Waals surface area contributed by atoms with E-state index in [2.05, 4.69) is 15.5 Å². The monoisotopic (exact) mass is 398 g/mol. The van der Waals surface area contributed by atoms with Crippen LogP contribution < -0.4 is 10.1 Å². The van der Waals surface area contributed by atoms with Crippen LogP contribution in [0.5, 0.6) is 5.75 Å². The predicted molar refractivity (Wildman–Crippen MR) is 94.0 cm³/mol. The molecule has 0 atom stereocenters. The number of carbonyl (C=O) groups excluding carboxylic acids is 1. The first-order valence-electron chi connectivity index (χ1n) is 9.01. The summed E-state index contributed by atoms with van der Waals surface area (Å²) < 4.78 is 47.8. The quantitative estimate of drug-likeness (QED) is 0.804. The van der Waals surface area contributed by atoms with Crippen LogP contribution in [-0.2, 0) is 11.0 Å². The smallest absolute Gasteiger partial charge is 0.470 e. The van der Waals surface area contributed by atoms with Crippen LogP contribution in [0.3, 0.4) is 0 Å². The van der Waals surface area contributed by atoms with Gasteiger partial charge in [0.2, 0.25) is 11.8 Å². The van der Waals surface area contributed by atoms with Crippen LogP contribution >= 0.6 is 0 Å². The van der Waals surface area contributed by atoms with Crippen LogP contribution in [0, 0.1) is 0 Å². The molecule has 1 aromatic carbocycles. The lowest BCUT2D eigenvalue weighted by atomic mass is 9.97. The van der Waals surface area contributed by atoms with E-state index < -0.39 is 12.1 Å². The molecule has 1 saturated heterocycles. The van der Waals surface area contributed by atoms with Gasteiger partial charge in [0.05, 0.1) is 13.2 Å². The summed E-state index contributed by atoms with van der Waals surface area (Å²) in [6.07, 6.45) is -3.53. The molecule has 1 aliphatic heterocycles. The summed E-state index contributed by atoms with van der Waals surface area (Å²) in [5, 5.41) is 9.41. The fourth-order valence-corrected chi connectivity index (χ4v) is 3.06. The van der Waals surface area contributed by atoms with E-state index in [1.54, 1.807) is 24.3 Å². The number of likely N-dealkylation sites (tertiary alicyclic amines) is 1.